The molecule has 0 saturated carbocycles. The molecule has 3 rings (SSSR count). The van der Waals surface area contributed by atoms with Crippen LogP contribution in [0.2, 0.25) is 0 Å². The Morgan fingerprint density at radius 2 is 1.74 bits per heavy atom. The molecule has 0 atom stereocenters. The largest absolute Gasteiger partial charge is 0.451 e. The van der Waals surface area contributed by atoms with Gasteiger partial charge in [0.1, 0.15) is 11.6 Å². The molecule has 8 heteroatoms. The molecule has 140 valence electrons. The molecule has 0 saturated heterocycles. The van der Waals surface area contributed by atoms with Crippen LogP contribution in [-0.2, 0) is 10.0 Å². The Labute approximate surface area is 156 Å². The van der Waals surface area contributed by atoms with Crippen LogP contribution >= 0.6 is 0 Å². The second-order valence-electron chi connectivity index (χ2n) is 5.81. The zero-order valence-corrected chi connectivity index (χ0v) is 15.4. The maximum absolute atomic E-state index is 13.0. The fourth-order valence-electron chi connectivity index (χ4n) is 2.50. The molecule has 0 fully saturated rings. The number of benzene rings is 2. The molecule has 1 amide bonds. The molecule has 0 radical (unpaired) electrons. The van der Waals surface area contributed by atoms with Crippen LogP contribution in [0.5, 0.6) is 0 Å². The van der Waals surface area contributed by atoms with Crippen molar-refractivity contribution >= 4 is 21.6 Å². The van der Waals surface area contributed by atoms with Gasteiger partial charge in [0.15, 0.2) is 5.76 Å². The normalized spacial score (nSPS) is 11.4. The van der Waals surface area contributed by atoms with E-state index in [0.29, 0.717) is 22.6 Å². The number of furan rings is 1. The van der Waals surface area contributed by atoms with Crippen LogP contribution in [0.25, 0.3) is 11.3 Å². The first-order chi connectivity index (χ1) is 12.8. The number of aryl methyl sites for hydroxylation is 1. The standard InChI is InChI=1S/C19H17FN2O4S/c1-12-3-8-15(11-18(12)27(24,25)21-2)22-19(23)17-10-9-16(26-17)13-4-6-14(20)7-5-13/h3-11,21H,1-2H3,(H,22,23). The van der Waals surface area contributed by atoms with Crippen molar-refractivity contribution < 1.29 is 22.0 Å². The van der Waals surface area contributed by atoms with Gasteiger partial charge in [0.25, 0.3) is 5.91 Å². The third-order valence-corrected chi connectivity index (χ3v) is 5.52. The monoisotopic (exact) mass is 388 g/mol. The van der Waals surface area contributed by atoms with E-state index >= 15 is 0 Å². The van der Waals surface area contributed by atoms with Crippen molar-refractivity contribution in [3.05, 3.63) is 71.7 Å². The minimum absolute atomic E-state index is 0.0490. The van der Waals surface area contributed by atoms with E-state index in [1.165, 1.54) is 31.3 Å². The lowest BCUT2D eigenvalue weighted by Gasteiger charge is -2.09. The summed E-state index contributed by atoms with van der Waals surface area (Å²) in [5.74, 6) is -0.426. The van der Waals surface area contributed by atoms with Crippen LogP contribution < -0.4 is 10.0 Å². The number of carbonyl (C=O) groups excluding carboxylic acids is 1. The lowest BCUT2D eigenvalue weighted by molar-refractivity contribution is 0.0997. The molecule has 27 heavy (non-hydrogen) atoms. The second kappa shape index (κ2) is 7.34. The zero-order valence-electron chi connectivity index (χ0n) is 14.6. The number of rotatable bonds is 5. The SMILES string of the molecule is CNS(=O)(=O)c1cc(NC(=O)c2ccc(-c3ccc(F)cc3)o2)ccc1C. The molecular formula is C19H17FN2O4S. The van der Waals surface area contributed by atoms with Crippen LogP contribution in [0.3, 0.4) is 0 Å². The first-order valence-corrected chi connectivity index (χ1v) is 9.50. The molecule has 1 heterocycles. The van der Waals surface area contributed by atoms with Crippen molar-refractivity contribution in [3.63, 3.8) is 0 Å². The molecule has 0 aliphatic carbocycles. The molecule has 0 spiro atoms. The van der Waals surface area contributed by atoms with Crippen molar-refractivity contribution in [2.45, 2.75) is 11.8 Å². The van der Waals surface area contributed by atoms with Gasteiger partial charge in [0.05, 0.1) is 4.90 Å². The van der Waals surface area contributed by atoms with Crippen molar-refractivity contribution in [3.8, 4) is 11.3 Å². The van der Waals surface area contributed by atoms with Gasteiger partial charge in [-0.05, 0) is 68.1 Å². The third-order valence-electron chi connectivity index (χ3n) is 3.96. The van der Waals surface area contributed by atoms with E-state index in [4.69, 9.17) is 4.42 Å². The van der Waals surface area contributed by atoms with Gasteiger partial charge in [0.2, 0.25) is 10.0 Å². The highest BCUT2D eigenvalue weighted by atomic mass is 32.2. The van der Waals surface area contributed by atoms with E-state index in [2.05, 4.69) is 10.0 Å². The predicted molar refractivity (Wildman–Crippen MR) is 99.5 cm³/mol. The van der Waals surface area contributed by atoms with Gasteiger partial charge >= 0.3 is 0 Å². The van der Waals surface area contributed by atoms with E-state index in [0.717, 1.165) is 0 Å². The Hall–Kier alpha value is -2.97. The van der Waals surface area contributed by atoms with Crippen molar-refractivity contribution in [2.24, 2.45) is 0 Å². The Kier molecular flexibility index (Phi) is 5.11. The van der Waals surface area contributed by atoms with Gasteiger partial charge in [-0.1, -0.05) is 6.07 Å². The average molecular weight is 388 g/mol. The maximum Gasteiger partial charge on any atom is 0.291 e. The minimum atomic E-state index is -3.64. The minimum Gasteiger partial charge on any atom is -0.451 e. The van der Waals surface area contributed by atoms with Crippen LogP contribution in [0, 0.1) is 12.7 Å². The summed E-state index contributed by atoms with van der Waals surface area (Å²) < 4.78 is 44.9. The van der Waals surface area contributed by atoms with Crippen LogP contribution in [0.15, 0.2) is 63.9 Å². The number of anilines is 1. The molecule has 6 nitrogen and oxygen atoms in total. The summed E-state index contributed by atoms with van der Waals surface area (Å²) in [5.41, 5.74) is 1.51. The summed E-state index contributed by atoms with van der Waals surface area (Å²) in [6, 6.07) is 13.4. The predicted octanol–water partition coefficient (Wildman–Crippen LogP) is 3.55. The fourth-order valence-corrected chi connectivity index (χ4v) is 3.49. The molecule has 0 aliphatic heterocycles. The summed E-state index contributed by atoms with van der Waals surface area (Å²) in [7, 11) is -2.32. The topological polar surface area (TPSA) is 88.4 Å². The zero-order chi connectivity index (χ0) is 19.6. The third kappa shape index (κ3) is 4.07. The fraction of sp³-hybridized carbons (Fsp3) is 0.105. The van der Waals surface area contributed by atoms with Gasteiger partial charge in [-0.3, -0.25) is 4.79 Å². The van der Waals surface area contributed by atoms with E-state index in [9.17, 15) is 17.6 Å². The molecule has 2 N–H and O–H groups in total. The maximum atomic E-state index is 13.0. The number of hydrogen-bond donors (Lipinski definition) is 2. The average Bonchev–Trinajstić information content (AvgIpc) is 3.14. The summed E-state index contributed by atoms with van der Waals surface area (Å²) in [5, 5.41) is 2.61. The van der Waals surface area contributed by atoms with E-state index < -0.39 is 15.9 Å². The molecule has 0 unspecified atom stereocenters. The van der Waals surface area contributed by atoms with Crippen molar-refractivity contribution in [1.82, 2.24) is 4.72 Å². The molecule has 0 bridgehead atoms. The van der Waals surface area contributed by atoms with E-state index in [1.54, 1.807) is 37.3 Å². The molecule has 2 aromatic carbocycles. The van der Waals surface area contributed by atoms with Gasteiger partial charge in [0, 0.05) is 11.3 Å². The number of hydrogen-bond acceptors (Lipinski definition) is 4. The van der Waals surface area contributed by atoms with Gasteiger partial charge < -0.3 is 9.73 Å². The number of amides is 1. The van der Waals surface area contributed by atoms with Crippen molar-refractivity contribution in [1.29, 1.82) is 0 Å². The number of halogens is 1. The Bertz CT molecular complexity index is 1090. The molecule has 3 aromatic rings. The highest BCUT2D eigenvalue weighted by Crippen LogP contribution is 2.24. The summed E-state index contributed by atoms with van der Waals surface area (Å²) in [4.78, 5) is 12.5. The first-order valence-electron chi connectivity index (χ1n) is 8.01. The molecule has 1 aromatic heterocycles. The Morgan fingerprint density at radius 1 is 1.04 bits per heavy atom. The summed E-state index contributed by atoms with van der Waals surface area (Å²) in [6.07, 6.45) is 0. The highest BCUT2D eigenvalue weighted by Gasteiger charge is 2.17. The van der Waals surface area contributed by atoms with Crippen LogP contribution in [0.1, 0.15) is 16.1 Å². The number of sulfonamides is 1. The number of nitrogens with one attached hydrogen (secondary N) is 2. The molecular weight excluding hydrogens is 371 g/mol. The highest BCUT2D eigenvalue weighted by molar-refractivity contribution is 7.89. The van der Waals surface area contributed by atoms with Crippen LogP contribution in [-0.4, -0.2) is 21.4 Å². The van der Waals surface area contributed by atoms with Gasteiger partial charge in [-0.2, -0.15) is 0 Å². The molecule has 0 aliphatic rings. The quantitative estimate of drug-likeness (QED) is 0.700. The van der Waals surface area contributed by atoms with E-state index in [-0.39, 0.29) is 16.5 Å². The summed E-state index contributed by atoms with van der Waals surface area (Å²) >= 11 is 0. The Balaban J connectivity index is 1.82. The van der Waals surface area contributed by atoms with E-state index in [1.807, 2.05) is 0 Å². The lowest BCUT2D eigenvalue weighted by atomic mass is 10.2. The van der Waals surface area contributed by atoms with Crippen LogP contribution in [0.4, 0.5) is 10.1 Å². The van der Waals surface area contributed by atoms with Gasteiger partial charge in [-0.15, -0.1) is 0 Å². The second-order valence-corrected chi connectivity index (χ2v) is 7.67. The lowest BCUT2D eigenvalue weighted by Crippen LogP contribution is -2.20. The smallest absolute Gasteiger partial charge is 0.291 e. The summed E-state index contributed by atoms with van der Waals surface area (Å²) in [6.45, 7) is 1.66. The Morgan fingerprint density at radius 3 is 2.41 bits per heavy atom. The van der Waals surface area contributed by atoms with Crippen molar-refractivity contribution in [2.75, 3.05) is 12.4 Å². The number of carbonyl (C=O) groups is 1. The van der Waals surface area contributed by atoms with Gasteiger partial charge in [-0.25, -0.2) is 17.5 Å². The first kappa shape index (κ1) is 18.8.